The predicted molar refractivity (Wildman–Crippen MR) is 71.8 cm³/mol. The van der Waals surface area contributed by atoms with Gasteiger partial charge in [0.15, 0.2) is 0 Å². The highest BCUT2D eigenvalue weighted by atomic mass is 32.1. The van der Waals surface area contributed by atoms with E-state index < -0.39 is 11.7 Å². The number of hydrogen-bond donors (Lipinski definition) is 0. The molecule has 102 valence electrons. The highest BCUT2D eigenvalue weighted by molar-refractivity contribution is 7.11. The topological polar surface area (TPSA) is 36.7 Å². The van der Waals surface area contributed by atoms with Crippen LogP contribution in [0.25, 0.3) is 11.6 Å². The fraction of sp³-hybridized carbons (Fsp3) is 0.143. The lowest BCUT2D eigenvalue weighted by atomic mass is 10.0. The number of aryl methyl sites for hydroxylation is 1. The summed E-state index contributed by atoms with van der Waals surface area (Å²) in [7, 11) is 0. The van der Waals surface area contributed by atoms with Gasteiger partial charge < -0.3 is 0 Å². The van der Waals surface area contributed by atoms with Gasteiger partial charge in [-0.1, -0.05) is 18.2 Å². The number of allylic oxidation sites excluding steroid dienone is 1. The first kappa shape index (κ1) is 14.3. The summed E-state index contributed by atoms with van der Waals surface area (Å²) in [6, 6.07) is 7.05. The van der Waals surface area contributed by atoms with Gasteiger partial charge in [-0.3, -0.25) is 0 Å². The number of rotatable bonds is 2. The molecule has 0 amide bonds. The van der Waals surface area contributed by atoms with Gasteiger partial charge in [0.2, 0.25) is 0 Å². The molecule has 1 heterocycles. The zero-order valence-electron chi connectivity index (χ0n) is 10.4. The van der Waals surface area contributed by atoms with Crippen LogP contribution in [-0.2, 0) is 6.18 Å². The first-order valence-electron chi connectivity index (χ1n) is 5.62. The van der Waals surface area contributed by atoms with Crippen LogP contribution in [-0.4, -0.2) is 4.98 Å². The van der Waals surface area contributed by atoms with Gasteiger partial charge in [-0.15, -0.1) is 11.3 Å². The van der Waals surface area contributed by atoms with Crippen LogP contribution in [0.1, 0.15) is 21.8 Å². The summed E-state index contributed by atoms with van der Waals surface area (Å²) in [5.74, 6) is 0. The molecule has 0 spiro atoms. The molecule has 2 nitrogen and oxygen atoms in total. The second-order valence-corrected chi connectivity index (χ2v) is 4.91. The molecule has 0 unspecified atom stereocenters. The maximum Gasteiger partial charge on any atom is 0.416 e. The summed E-state index contributed by atoms with van der Waals surface area (Å²) in [6.45, 7) is 1.76. The van der Waals surface area contributed by atoms with Crippen molar-refractivity contribution in [3.05, 3.63) is 51.5 Å². The van der Waals surface area contributed by atoms with Gasteiger partial charge in [0, 0.05) is 11.1 Å². The summed E-state index contributed by atoms with van der Waals surface area (Å²) < 4.78 is 38.7. The van der Waals surface area contributed by atoms with Crippen molar-refractivity contribution in [2.75, 3.05) is 0 Å². The third kappa shape index (κ3) is 3.06. The Bertz CT molecular complexity index is 693. The predicted octanol–water partition coefficient (Wildman–Crippen LogP) is 4.53. The summed E-state index contributed by atoms with van der Waals surface area (Å²) in [5, 5.41) is 11.3. The Kier molecular flexibility index (Phi) is 3.91. The minimum absolute atomic E-state index is 0.0376. The van der Waals surface area contributed by atoms with Crippen LogP contribution in [0.3, 0.4) is 0 Å². The van der Waals surface area contributed by atoms with Gasteiger partial charge in [-0.25, -0.2) is 4.98 Å². The zero-order valence-corrected chi connectivity index (χ0v) is 11.2. The quantitative estimate of drug-likeness (QED) is 0.763. The van der Waals surface area contributed by atoms with Crippen LogP contribution in [0.2, 0.25) is 0 Å². The molecule has 0 aliphatic rings. The van der Waals surface area contributed by atoms with E-state index in [4.69, 9.17) is 5.26 Å². The molecular formula is C14H9F3N2S. The van der Waals surface area contributed by atoms with Crippen LogP contribution < -0.4 is 0 Å². The number of nitriles is 1. The summed E-state index contributed by atoms with van der Waals surface area (Å²) in [5.41, 5.74) is 0.0560. The van der Waals surface area contributed by atoms with Crippen LogP contribution in [0.4, 0.5) is 13.2 Å². The Morgan fingerprint density at radius 2 is 2.05 bits per heavy atom. The van der Waals surface area contributed by atoms with Gasteiger partial charge in [0.1, 0.15) is 11.1 Å². The van der Waals surface area contributed by atoms with Crippen molar-refractivity contribution in [3.8, 4) is 6.07 Å². The standard InChI is InChI=1S/C14H9F3N2S/c1-9-8-20-13(19-9)11(7-18)6-10-4-2-3-5-12(10)14(15,16)17/h2-6,8H,1H3/b11-6+. The van der Waals surface area contributed by atoms with E-state index in [2.05, 4.69) is 4.98 Å². The normalized spacial score (nSPS) is 12.2. The lowest BCUT2D eigenvalue weighted by Gasteiger charge is -2.09. The van der Waals surface area contributed by atoms with Crippen molar-refractivity contribution in [2.45, 2.75) is 13.1 Å². The molecule has 1 aromatic heterocycles. The molecule has 2 aromatic rings. The van der Waals surface area contributed by atoms with Crippen molar-refractivity contribution >= 4 is 23.0 Å². The van der Waals surface area contributed by atoms with Crippen molar-refractivity contribution in [3.63, 3.8) is 0 Å². The number of halogens is 3. The summed E-state index contributed by atoms with van der Waals surface area (Å²) in [6.07, 6.45) is -3.23. The smallest absolute Gasteiger partial charge is 0.241 e. The number of aromatic nitrogens is 1. The third-order valence-corrected chi connectivity index (χ3v) is 3.53. The minimum Gasteiger partial charge on any atom is -0.241 e. The van der Waals surface area contributed by atoms with E-state index in [-0.39, 0.29) is 11.1 Å². The van der Waals surface area contributed by atoms with E-state index in [0.29, 0.717) is 5.01 Å². The van der Waals surface area contributed by atoms with E-state index >= 15 is 0 Å². The zero-order chi connectivity index (χ0) is 14.8. The lowest BCUT2D eigenvalue weighted by Crippen LogP contribution is -2.07. The minimum atomic E-state index is -4.45. The Morgan fingerprint density at radius 3 is 2.60 bits per heavy atom. The molecule has 0 fully saturated rings. The first-order valence-corrected chi connectivity index (χ1v) is 6.50. The highest BCUT2D eigenvalue weighted by Gasteiger charge is 2.32. The van der Waals surface area contributed by atoms with Gasteiger partial charge in [-0.2, -0.15) is 18.4 Å². The molecule has 6 heteroatoms. The van der Waals surface area contributed by atoms with Crippen molar-refractivity contribution in [1.29, 1.82) is 5.26 Å². The average Bonchev–Trinajstić information content (AvgIpc) is 2.82. The summed E-state index contributed by atoms with van der Waals surface area (Å²) >= 11 is 1.23. The Labute approximate surface area is 117 Å². The monoisotopic (exact) mass is 294 g/mol. The maximum absolute atomic E-state index is 12.9. The van der Waals surface area contributed by atoms with Crippen LogP contribution in [0, 0.1) is 18.3 Å². The average molecular weight is 294 g/mol. The third-order valence-electron chi connectivity index (χ3n) is 2.54. The fourth-order valence-electron chi connectivity index (χ4n) is 1.66. The van der Waals surface area contributed by atoms with Crippen molar-refractivity contribution in [1.82, 2.24) is 4.98 Å². The number of alkyl halides is 3. The number of benzene rings is 1. The van der Waals surface area contributed by atoms with E-state index in [1.54, 1.807) is 12.3 Å². The van der Waals surface area contributed by atoms with E-state index in [1.807, 2.05) is 6.07 Å². The first-order chi connectivity index (χ1) is 9.41. The van der Waals surface area contributed by atoms with E-state index in [1.165, 1.54) is 35.6 Å². The molecule has 0 aliphatic heterocycles. The van der Waals surface area contributed by atoms with Crippen molar-refractivity contribution < 1.29 is 13.2 Å². The summed E-state index contributed by atoms with van der Waals surface area (Å²) in [4.78, 5) is 4.12. The molecule has 1 aromatic carbocycles. The molecule has 2 rings (SSSR count). The Hall–Kier alpha value is -2.13. The Balaban J connectivity index is 2.52. The number of hydrogen-bond acceptors (Lipinski definition) is 3. The number of thiazole rings is 1. The van der Waals surface area contributed by atoms with Gasteiger partial charge >= 0.3 is 6.18 Å². The molecule has 20 heavy (non-hydrogen) atoms. The van der Waals surface area contributed by atoms with Gasteiger partial charge in [0.25, 0.3) is 0 Å². The molecule has 0 atom stereocenters. The molecule has 0 radical (unpaired) electrons. The van der Waals surface area contributed by atoms with E-state index in [0.717, 1.165) is 11.8 Å². The Morgan fingerprint density at radius 1 is 1.35 bits per heavy atom. The SMILES string of the molecule is Cc1csc(/C(C#N)=C/c2ccccc2C(F)(F)F)n1. The van der Waals surface area contributed by atoms with Gasteiger partial charge in [-0.05, 0) is 24.6 Å². The maximum atomic E-state index is 12.9. The van der Waals surface area contributed by atoms with Crippen molar-refractivity contribution in [2.24, 2.45) is 0 Å². The largest absolute Gasteiger partial charge is 0.416 e. The fourth-order valence-corrected chi connectivity index (χ4v) is 2.42. The lowest BCUT2D eigenvalue weighted by molar-refractivity contribution is -0.137. The molecule has 0 N–H and O–H groups in total. The second-order valence-electron chi connectivity index (χ2n) is 4.05. The molecule has 0 bridgehead atoms. The van der Waals surface area contributed by atoms with Crippen LogP contribution >= 0.6 is 11.3 Å². The molecule has 0 saturated carbocycles. The molecular weight excluding hydrogens is 285 g/mol. The molecule has 0 aliphatic carbocycles. The van der Waals surface area contributed by atoms with Crippen LogP contribution in [0.15, 0.2) is 29.6 Å². The van der Waals surface area contributed by atoms with Crippen LogP contribution in [0.5, 0.6) is 0 Å². The highest BCUT2D eigenvalue weighted by Crippen LogP contribution is 2.33. The second kappa shape index (κ2) is 5.47. The molecule has 0 saturated heterocycles. The number of nitrogens with zero attached hydrogens (tertiary/aromatic N) is 2. The van der Waals surface area contributed by atoms with Gasteiger partial charge in [0.05, 0.1) is 11.1 Å². The van der Waals surface area contributed by atoms with E-state index in [9.17, 15) is 13.2 Å².